The zero-order chi connectivity index (χ0) is 16.8. The molecule has 0 heterocycles. The Balaban J connectivity index is 2.65. The van der Waals surface area contributed by atoms with E-state index in [9.17, 15) is 13.2 Å². The number of anilines is 1. The predicted molar refractivity (Wildman–Crippen MR) is 90.8 cm³/mol. The molecule has 22 heavy (non-hydrogen) atoms. The highest BCUT2D eigenvalue weighted by atomic mass is 35.5. The molecule has 0 saturated carbocycles. The van der Waals surface area contributed by atoms with Crippen LogP contribution in [0.3, 0.4) is 0 Å². The average molecular weight is 347 g/mol. The average Bonchev–Trinajstić information content (AvgIpc) is 2.43. The van der Waals surface area contributed by atoms with Gasteiger partial charge in [0.2, 0.25) is 15.9 Å². The minimum atomic E-state index is -3.40. The van der Waals surface area contributed by atoms with Crippen LogP contribution in [0.5, 0.6) is 0 Å². The van der Waals surface area contributed by atoms with Crippen molar-refractivity contribution in [2.45, 2.75) is 39.2 Å². The molecule has 0 aliphatic carbocycles. The first kappa shape index (κ1) is 18.8. The van der Waals surface area contributed by atoms with Crippen LogP contribution in [0.2, 0.25) is 5.02 Å². The lowest BCUT2D eigenvalue weighted by molar-refractivity contribution is -0.121. The van der Waals surface area contributed by atoms with Crippen LogP contribution in [-0.4, -0.2) is 33.2 Å². The monoisotopic (exact) mass is 346 g/mol. The Hall–Kier alpha value is -1.27. The van der Waals surface area contributed by atoms with Gasteiger partial charge in [0, 0.05) is 24.0 Å². The van der Waals surface area contributed by atoms with Gasteiger partial charge >= 0.3 is 0 Å². The van der Waals surface area contributed by atoms with Crippen LogP contribution in [0.25, 0.3) is 0 Å². The maximum absolute atomic E-state index is 11.9. The Morgan fingerprint density at radius 2 is 1.91 bits per heavy atom. The quantitative estimate of drug-likeness (QED) is 0.787. The first-order valence-corrected chi connectivity index (χ1v) is 9.49. The lowest BCUT2D eigenvalue weighted by Crippen LogP contribution is -2.34. The molecule has 0 radical (unpaired) electrons. The van der Waals surface area contributed by atoms with E-state index in [0.29, 0.717) is 23.6 Å². The summed E-state index contributed by atoms with van der Waals surface area (Å²) in [4.78, 5) is 11.7. The number of rotatable bonds is 8. The van der Waals surface area contributed by atoms with Crippen molar-refractivity contribution in [3.8, 4) is 0 Å². The van der Waals surface area contributed by atoms with E-state index in [1.807, 2.05) is 13.8 Å². The fraction of sp³-hybridized carbons (Fsp3) is 0.533. The Kier molecular flexibility index (Phi) is 7.16. The summed E-state index contributed by atoms with van der Waals surface area (Å²) >= 11 is 5.82. The smallest absolute Gasteiger partial charge is 0.232 e. The Bertz CT molecular complexity index is 587. The van der Waals surface area contributed by atoms with E-state index >= 15 is 0 Å². The molecule has 1 aromatic carbocycles. The fourth-order valence-corrected chi connectivity index (χ4v) is 3.02. The lowest BCUT2D eigenvalue weighted by atomic mass is 10.2. The summed E-state index contributed by atoms with van der Waals surface area (Å²) in [5.74, 6) is -0.0566. The molecule has 1 atom stereocenters. The van der Waals surface area contributed by atoms with Crippen molar-refractivity contribution in [3.63, 3.8) is 0 Å². The summed E-state index contributed by atoms with van der Waals surface area (Å²) in [5, 5.41) is 3.41. The van der Waals surface area contributed by atoms with Crippen LogP contribution in [0.4, 0.5) is 5.69 Å². The molecular formula is C15H23ClN2O3S. The summed E-state index contributed by atoms with van der Waals surface area (Å²) in [7, 11) is -3.40. The zero-order valence-electron chi connectivity index (χ0n) is 13.2. The molecule has 0 fully saturated rings. The number of carbonyl (C=O) groups excluding carboxylic acids is 1. The van der Waals surface area contributed by atoms with Gasteiger partial charge in [0.25, 0.3) is 0 Å². The first-order chi connectivity index (χ1) is 10.2. The molecule has 0 spiro atoms. The van der Waals surface area contributed by atoms with Gasteiger partial charge in [0.05, 0.1) is 11.9 Å². The van der Waals surface area contributed by atoms with E-state index in [2.05, 4.69) is 5.32 Å². The molecule has 0 bridgehead atoms. The van der Waals surface area contributed by atoms with Crippen LogP contribution >= 0.6 is 11.6 Å². The normalized spacial score (nSPS) is 12.7. The molecule has 1 aromatic rings. The van der Waals surface area contributed by atoms with Gasteiger partial charge in [-0.25, -0.2) is 8.42 Å². The van der Waals surface area contributed by atoms with Gasteiger partial charge in [-0.15, -0.1) is 0 Å². The SMILES string of the molecule is CC[C@H](C)NC(=O)CCCN(c1ccc(Cl)cc1)S(C)(=O)=O. The minimum Gasteiger partial charge on any atom is -0.354 e. The molecule has 1 N–H and O–H groups in total. The number of nitrogens with one attached hydrogen (secondary N) is 1. The van der Waals surface area contributed by atoms with Crippen LogP contribution < -0.4 is 9.62 Å². The zero-order valence-corrected chi connectivity index (χ0v) is 14.7. The standard InChI is InChI=1S/C15H23ClN2O3S/c1-4-12(2)17-15(19)6-5-11-18(22(3,20)21)14-9-7-13(16)8-10-14/h7-10,12H,4-6,11H2,1-3H3,(H,17,19)/t12-/m0/s1. The van der Waals surface area contributed by atoms with E-state index in [1.165, 1.54) is 4.31 Å². The molecule has 1 amide bonds. The second-order valence-corrected chi connectivity index (χ2v) is 7.64. The molecule has 7 heteroatoms. The molecule has 0 aliphatic heterocycles. The third-order valence-electron chi connectivity index (χ3n) is 3.30. The summed E-state index contributed by atoms with van der Waals surface area (Å²) in [6.45, 7) is 4.19. The maximum atomic E-state index is 11.9. The second-order valence-electron chi connectivity index (χ2n) is 5.29. The summed E-state index contributed by atoms with van der Waals surface area (Å²) in [6, 6.07) is 6.73. The number of benzene rings is 1. The highest BCUT2D eigenvalue weighted by Gasteiger charge is 2.17. The van der Waals surface area contributed by atoms with Crippen molar-refractivity contribution in [2.75, 3.05) is 17.1 Å². The van der Waals surface area contributed by atoms with E-state index in [-0.39, 0.29) is 18.5 Å². The van der Waals surface area contributed by atoms with Crippen molar-refractivity contribution in [2.24, 2.45) is 0 Å². The fourth-order valence-electron chi connectivity index (χ4n) is 1.93. The number of amides is 1. The number of sulfonamides is 1. The molecule has 124 valence electrons. The third kappa shape index (κ3) is 6.23. The van der Waals surface area contributed by atoms with Crippen molar-refractivity contribution < 1.29 is 13.2 Å². The predicted octanol–water partition coefficient (Wildman–Crippen LogP) is 2.80. The largest absolute Gasteiger partial charge is 0.354 e. The summed E-state index contributed by atoms with van der Waals surface area (Å²) < 4.78 is 25.1. The van der Waals surface area contributed by atoms with Crippen molar-refractivity contribution in [1.82, 2.24) is 5.32 Å². The van der Waals surface area contributed by atoms with Gasteiger partial charge in [-0.3, -0.25) is 9.10 Å². The van der Waals surface area contributed by atoms with Gasteiger partial charge in [-0.2, -0.15) is 0 Å². The van der Waals surface area contributed by atoms with E-state index in [4.69, 9.17) is 11.6 Å². The molecule has 0 unspecified atom stereocenters. The van der Waals surface area contributed by atoms with Gasteiger partial charge in [-0.1, -0.05) is 18.5 Å². The number of hydrogen-bond acceptors (Lipinski definition) is 3. The van der Waals surface area contributed by atoms with Gasteiger partial charge in [0.1, 0.15) is 0 Å². The summed E-state index contributed by atoms with van der Waals surface area (Å²) in [5.41, 5.74) is 0.550. The Morgan fingerprint density at radius 1 is 1.32 bits per heavy atom. The molecule has 0 aromatic heterocycles. The minimum absolute atomic E-state index is 0.0566. The molecule has 1 rings (SSSR count). The van der Waals surface area contributed by atoms with Crippen LogP contribution in [0.1, 0.15) is 33.1 Å². The van der Waals surface area contributed by atoms with E-state index in [1.54, 1.807) is 24.3 Å². The lowest BCUT2D eigenvalue weighted by Gasteiger charge is -2.22. The number of carbonyl (C=O) groups is 1. The van der Waals surface area contributed by atoms with E-state index < -0.39 is 10.0 Å². The molecule has 0 aliphatic rings. The number of hydrogen-bond donors (Lipinski definition) is 1. The van der Waals surface area contributed by atoms with Crippen molar-refractivity contribution in [1.29, 1.82) is 0 Å². The number of halogens is 1. The van der Waals surface area contributed by atoms with Gasteiger partial charge < -0.3 is 5.32 Å². The first-order valence-electron chi connectivity index (χ1n) is 7.26. The van der Waals surface area contributed by atoms with Crippen molar-refractivity contribution >= 4 is 33.2 Å². The van der Waals surface area contributed by atoms with Crippen LogP contribution in [0, 0.1) is 0 Å². The van der Waals surface area contributed by atoms with Crippen molar-refractivity contribution in [3.05, 3.63) is 29.3 Å². The molecule has 5 nitrogen and oxygen atoms in total. The second kappa shape index (κ2) is 8.39. The highest BCUT2D eigenvalue weighted by molar-refractivity contribution is 7.92. The number of nitrogens with zero attached hydrogens (tertiary/aromatic N) is 1. The third-order valence-corrected chi connectivity index (χ3v) is 4.75. The summed E-state index contributed by atoms with van der Waals surface area (Å²) in [6.07, 6.45) is 2.77. The van der Waals surface area contributed by atoms with Gasteiger partial charge in [0.15, 0.2) is 0 Å². The molecular weight excluding hydrogens is 324 g/mol. The van der Waals surface area contributed by atoms with E-state index in [0.717, 1.165) is 12.7 Å². The van der Waals surface area contributed by atoms with Crippen LogP contribution in [-0.2, 0) is 14.8 Å². The molecule has 0 saturated heterocycles. The Morgan fingerprint density at radius 3 is 2.41 bits per heavy atom. The highest BCUT2D eigenvalue weighted by Crippen LogP contribution is 2.20. The topological polar surface area (TPSA) is 66.5 Å². The van der Waals surface area contributed by atoms with Crippen LogP contribution in [0.15, 0.2) is 24.3 Å². The Labute approximate surface area is 137 Å². The maximum Gasteiger partial charge on any atom is 0.232 e. The van der Waals surface area contributed by atoms with Gasteiger partial charge in [-0.05, 0) is 44.0 Å².